The van der Waals surface area contributed by atoms with Gasteiger partial charge in [0.2, 0.25) is 0 Å². The van der Waals surface area contributed by atoms with Gasteiger partial charge in [0.1, 0.15) is 0 Å². The largest absolute Gasteiger partial charge is 0.497 e. The Morgan fingerprint density at radius 3 is 2.69 bits per heavy atom. The van der Waals surface area contributed by atoms with Gasteiger partial charge < -0.3 is 4.52 Å². The zero-order valence-electron chi connectivity index (χ0n) is 6.38. The molecular formula is C5H3N2O5P. The van der Waals surface area contributed by atoms with Gasteiger partial charge in [0.15, 0.2) is 0 Å². The zero-order chi connectivity index (χ0) is 9.16. The highest BCUT2D eigenvalue weighted by Crippen LogP contribution is 2.35. The highest BCUT2D eigenvalue weighted by atomic mass is 31.1. The monoisotopic (exact) mass is 202 g/mol. The molecular weight excluding hydrogens is 199 g/mol. The second kappa shape index (κ2) is 1.82. The third-order valence-corrected chi connectivity index (χ3v) is 2.73. The summed E-state index contributed by atoms with van der Waals surface area (Å²) in [4.78, 5) is 22.6. The van der Waals surface area contributed by atoms with Crippen molar-refractivity contribution >= 4 is 8.24 Å². The van der Waals surface area contributed by atoms with Crippen LogP contribution in [0.15, 0.2) is 18.2 Å². The minimum Gasteiger partial charge on any atom is -0.367 e. The van der Waals surface area contributed by atoms with E-state index in [0.717, 1.165) is 4.57 Å². The molecule has 0 aromatic carbocycles. The van der Waals surface area contributed by atoms with Crippen LogP contribution in [0.2, 0.25) is 0 Å². The van der Waals surface area contributed by atoms with Gasteiger partial charge in [0.05, 0.1) is 5.56 Å². The van der Waals surface area contributed by atoms with Crippen LogP contribution in [0, 0.1) is 6.92 Å². The summed E-state index contributed by atoms with van der Waals surface area (Å²) in [7, 11) is -1.64. The molecule has 7 nitrogen and oxygen atoms in total. The maximum absolute atomic E-state index is 11.4. The molecule has 0 N–H and O–H groups in total. The van der Waals surface area contributed by atoms with E-state index in [1.165, 1.54) is 0 Å². The first-order valence-electron chi connectivity index (χ1n) is 3.42. The van der Waals surface area contributed by atoms with Gasteiger partial charge in [-0.1, -0.05) is 9.15 Å². The van der Waals surface area contributed by atoms with Crippen molar-refractivity contribution in [1.29, 1.82) is 0 Å². The lowest BCUT2D eigenvalue weighted by molar-refractivity contribution is 0.294. The van der Waals surface area contributed by atoms with Gasteiger partial charge in [-0.2, -0.15) is 0 Å². The first kappa shape index (κ1) is 6.85. The second-order valence-corrected chi connectivity index (χ2v) is 3.54. The van der Waals surface area contributed by atoms with Gasteiger partial charge >= 0.3 is 13.9 Å². The van der Waals surface area contributed by atoms with Crippen molar-refractivity contribution in [1.82, 2.24) is 9.15 Å². The van der Waals surface area contributed by atoms with Gasteiger partial charge in [-0.3, -0.25) is 13.4 Å². The molecule has 1 aliphatic heterocycles. The molecule has 3 rings (SSSR count). The second-order valence-electron chi connectivity index (χ2n) is 2.58. The Bertz CT molecular complexity index is 635. The quantitative estimate of drug-likeness (QED) is 0.511. The molecule has 68 valence electrons. The summed E-state index contributed by atoms with van der Waals surface area (Å²) in [6, 6.07) is 0. The van der Waals surface area contributed by atoms with Crippen LogP contribution in [0.5, 0.6) is 5.88 Å². The maximum Gasteiger partial charge on any atom is 0.497 e. The third-order valence-electron chi connectivity index (χ3n) is 1.82. The summed E-state index contributed by atoms with van der Waals surface area (Å²) >= 11 is 0. The fraction of sp³-hybridized carbons (Fsp3) is 0.200. The number of hydrogen-bond donors (Lipinski definition) is 0. The van der Waals surface area contributed by atoms with Crippen molar-refractivity contribution in [2.24, 2.45) is 0 Å². The normalized spacial score (nSPS) is 14.1. The molecule has 1 aliphatic rings. The van der Waals surface area contributed by atoms with Crippen LogP contribution in [0.3, 0.4) is 0 Å². The van der Waals surface area contributed by atoms with E-state index in [1.807, 2.05) is 0 Å². The lowest BCUT2D eigenvalue weighted by Gasteiger charge is -1.94. The van der Waals surface area contributed by atoms with Crippen LogP contribution in [0.4, 0.5) is 0 Å². The van der Waals surface area contributed by atoms with Crippen molar-refractivity contribution in [3.05, 3.63) is 26.4 Å². The molecule has 2 aromatic rings. The molecule has 2 aromatic heterocycles. The molecule has 0 fully saturated rings. The molecule has 1 unspecified atom stereocenters. The van der Waals surface area contributed by atoms with E-state index < -0.39 is 19.5 Å². The Morgan fingerprint density at radius 2 is 1.92 bits per heavy atom. The SMILES string of the molecule is Cc1c2n3op(on(c1=O)c3=O)O2. The lowest BCUT2D eigenvalue weighted by Crippen LogP contribution is -2.32. The van der Waals surface area contributed by atoms with E-state index in [1.54, 1.807) is 6.92 Å². The van der Waals surface area contributed by atoms with Crippen molar-refractivity contribution in [3.8, 4) is 5.88 Å². The van der Waals surface area contributed by atoms with Gasteiger partial charge in [-0.05, 0) is 6.92 Å². The van der Waals surface area contributed by atoms with Gasteiger partial charge in [0, 0.05) is 0 Å². The number of aromatic nitrogens is 2. The fourth-order valence-electron chi connectivity index (χ4n) is 1.15. The topological polar surface area (TPSA) is 78.5 Å². The molecule has 13 heavy (non-hydrogen) atoms. The van der Waals surface area contributed by atoms with Crippen LogP contribution >= 0.6 is 8.24 Å². The minimum absolute atomic E-state index is 0.148. The zero-order valence-corrected chi connectivity index (χ0v) is 7.28. The predicted octanol–water partition coefficient (Wildman–Crippen LogP) is -0.0421. The lowest BCUT2D eigenvalue weighted by atomic mass is 10.4. The summed E-state index contributed by atoms with van der Waals surface area (Å²) in [6.45, 7) is 1.54. The van der Waals surface area contributed by atoms with Gasteiger partial charge in [0.25, 0.3) is 11.4 Å². The molecule has 0 amide bonds. The average Bonchev–Trinajstić information content (AvgIpc) is 2.43. The van der Waals surface area contributed by atoms with Crippen molar-refractivity contribution in [3.63, 3.8) is 0 Å². The first-order valence-corrected chi connectivity index (χ1v) is 4.52. The van der Waals surface area contributed by atoms with E-state index >= 15 is 0 Å². The molecule has 0 saturated carbocycles. The van der Waals surface area contributed by atoms with Crippen LogP contribution in [-0.2, 0) is 0 Å². The van der Waals surface area contributed by atoms with E-state index in [-0.39, 0.29) is 5.88 Å². The van der Waals surface area contributed by atoms with E-state index in [4.69, 9.17) is 13.1 Å². The third kappa shape index (κ3) is 0.617. The Hall–Kier alpha value is -1.62. The molecule has 0 saturated heterocycles. The van der Waals surface area contributed by atoms with Crippen LogP contribution in [0.1, 0.15) is 5.56 Å². The molecule has 1 atom stereocenters. The van der Waals surface area contributed by atoms with E-state index in [0.29, 0.717) is 10.1 Å². The summed E-state index contributed by atoms with van der Waals surface area (Å²) in [5.74, 6) is 0.148. The maximum atomic E-state index is 11.4. The number of rotatable bonds is 0. The highest BCUT2D eigenvalue weighted by Gasteiger charge is 2.27. The Morgan fingerprint density at radius 1 is 1.23 bits per heavy atom. The molecule has 0 radical (unpaired) electrons. The highest BCUT2D eigenvalue weighted by molar-refractivity contribution is 7.31. The van der Waals surface area contributed by atoms with E-state index in [9.17, 15) is 9.59 Å². The average molecular weight is 202 g/mol. The standard InChI is InChI=1S/C5H3N2O5P/c1-2-3(8)6-5(9)7-4(2)10-13(11-6)12-7/h1H3. The van der Waals surface area contributed by atoms with Crippen LogP contribution < -0.4 is 15.8 Å². The van der Waals surface area contributed by atoms with Gasteiger partial charge in [-0.15, -0.1) is 0 Å². The van der Waals surface area contributed by atoms with Crippen molar-refractivity contribution in [2.75, 3.05) is 0 Å². The molecule has 8 heteroatoms. The van der Waals surface area contributed by atoms with Gasteiger partial charge in [-0.25, -0.2) is 4.79 Å². The van der Waals surface area contributed by atoms with Crippen molar-refractivity contribution in [2.45, 2.75) is 6.92 Å². The number of nitrogens with zero attached hydrogens (tertiary/aromatic N) is 2. The molecule has 0 spiro atoms. The molecule has 3 bridgehead atoms. The smallest absolute Gasteiger partial charge is 0.367 e. The molecule has 3 heterocycles. The number of fused-ring (bicyclic) bond motifs is 2. The summed E-state index contributed by atoms with van der Waals surface area (Å²) in [5, 5.41) is 0. The minimum atomic E-state index is -1.64. The van der Waals surface area contributed by atoms with Crippen LogP contribution in [-0.4, -0.2) is 9.15 Å². The Labute approximate surface area is 70.7 Å². The summed E-state index contributed by atoms with van der Waals surface area (Å²) in [6.07, 6.45) is 0. The van der Waals surface area contributed by atoms with Crippen molar-refractivity contribution < 1.29 is 13.1 Å². The summed E-state index contributed by atoms with van der Waals surface area (Å²) < 4.78 is 16.4. The molecule has 0 aliphatic carbocycles. The fourth-order valence-corrected chi connectivity index (χ4v) is 2.16. The number of hydrogen-bond acceptors (Lipinski definition) is 5. The van der Waals surface area contributed by atoms with Crippen LogP contribution in [0.25, 0.3) is 0 Å². The predicted molar refractivity (Wildman–Crippen MR) is 40.2 cm³/mol. The summed E-state index contributed by atoms with van der Waals surface area (Å²) in [5.41, 5.74) is -0.853. The Balaban J connectivity index is 2.84. The Kier molecular flexibility index (Phi) is 0.961. The first-order chi connectivity index (χ1) is 6.18. The van der Waals surface area contributed by atoms with E-state index in [2.05, 4.69) is 0 Å².